The van der Waals surface area contributed by atoms with Gasteiger partial charge in [0.15, 0.2) is 0 Å². The summed E-state index contributed by atoms with van der Waals surface area (Å²) in [7, 11) is 0. The first-order valence-electron chi connectivity index (χ1n) is 8.34. The van der Waals surface area contributed by atoms with Gasteiger partial charge in [0.2, 0.25) is 5.91 Å². The number of nitrogens with one attached hydrogen (secondary N) is 2. The van der Waals surface area contributed by atoms with Crippen LogP contribution < -0.4 is 10.6 Å². The Balaban J connectivity index is 1.41. The average Bonchev–Trinajstić information content (AvgIpc) is 2.91. The number of anilines is 1. The highest BCUT2D eigenvalue weighted by atomic mass is 16.2. The van der Waals surface area contributed by atoms with Gasteiger partial charge in [0.05, 0.1) is 0 Å². The topological polar surface area (TPSA) is 41.1 Å². The number of hydrogen-bond acceptors (Lipinski definition) is 2. The zero-order chi connectivity index (χ0) is 14.7. The van der Waals surface area contributed by atoms with Crippen molar-refractivity contribution in [3.05, 3.63) is 29.8 Å². The first-order valence-corrected chi connectivity index (χ1v) is 8.34. The fourth-order valence-corrected chi connectivity index (χ4v) is 3.80. The summed E-state index contributed by atoms with van der Waals surface area (Å²) in [6.45, 7) is 3.18. The molecule has 3 heteroatoms. The van der Waals surface area contributed by atoms with Crippen molar-refractivity contribution in [2.45, 2.75) is 51.5 Å². The van der Waals surface area contributed by atoms with Crippen LogP contribution in [0.4, 0.5) is 5.69 Å². The minimum absolute atomic E-state index is 0.0901. The fourth-order valence-electron chi connectivity index (χ4n) is 3.80. The zero-order valence-corrected chi connectivity index (χ0v) is 12.9. The van der Waals surface area contributed by atoms with E-state index in [9.17, 15) is 4.79 Å². The molecule has 1 aromatic rings. The molecule has 1 saturated carbocycles. The Labute approximate surface area is 127 Å². The van der Waals surface area contributed by atoms with Crippen molar-refractivity contribution in [3.8, 4) is 0 Å². The van der Waals surface area contributed by atoms with Crippen molar-refractivity contribution in [2.24, 2.45) is 11.8 Å². The molecular weight excluding hydrogens is 260 g/mol. The molecule has 21 heavy (non-hydrogen) atoms. The quantitative estimate of drug-likeness (QED) is 0.891. The van der Waals surface area contributed by atoms with E-state index in [-0.39, 0.29) is 11.9 Å². The van der Waals surface area contributed by atoms with E-state index in [0.29, 0.717) is 0 Å². The first-order chi connectivity index (χ1) is 10.2. The number of benzene rings is 1. The van der Waals surface area contributed by atoms with Crippen LogP contribution in [-0.2, 0) is 11.2 Å². The molecule has 114 valence electrons. The molecule has 1 aromatic carbocycles. The third-order valence-electron chi connectivity index (χ3n) is 4.98. The van der Waals surface area contributed by atoms with E-state index in [2.05, 4.69) is 23.6 Å². The minimum Gasteiger partial charge on any atom is -0.373 e. The average molecular weight is 286 g/mol. The lowest BCUT2D eigenvalue weighted by molar-refractivity contribution is -0.121. The highest BCUT2D eigenvalue weighted by Crippen LogP contribution is 2.30. The van der Waals surface area contributed by atoms with E-state index in [1.165, 1.54) is 31.2 Å². The van der Waals surface area contributed by atoms with Crippen molar-refractivity contribution in [1.29, 1.82) is 0 Å². The Kier molecular flexibility index (Phi) is 4.47. The Morgan fingerprint density at radius 2 is 2.19 bits per heavy atom. The number of hydrogen-bond donors (Lipinski definition) is 2. The van der Waals surface area contributed by atoms with Crippen LogP contribution in [0.2, 0.25) is 0 Å². The molecule has 0 saturated heterocycles. The Hall–Kier alpha value is -1.51. The lowest BCUT2D eigenvalue weighted by Crippen LogP contribution is -2.39. The van der Waals surface area contributed by atoms with E-state index < -0.39 is 0 Å². The second kappa shape index (κ2) is 6.50. The summed E-state index contributed by atoms with van der Waals surface area (Å²) in [5, 5.41) is 6.44. The second-order valence-electron chi connectivity index (χ2n) is 6.78. The Morgan fingerprint density at radius 3 is 3.00 bits per heavy atom. The van der Waals surface area contributed by atoms with Crippen molar-refractivity contribution in [2.75, 3.05) is 11.9 Å². The van der Waals surface area contributed by atoms with Crippen LogP contribution in [0.5, 0.6) is 0 Å². The van der Waals surface area contributed by atoms with Gasteiger partial charge >= 0.3 is 0 Å². The van der Waals surface area contributed by atoms with Crippen LogP contribution in [0.25, 0.3) is 0 Å². The fraction of sp³-hybridized carbons (Fsp3) is 0.611. The summed E-state index contributed by atoms with van der Waals surface area (Å²) < 4.78 is 0. The normalized spacial score (nSPS) is 27.8. The van der Waals surface area contributed by atoms with E-state index in [4.69, 9.17) is 0 Å². The highest BCUT2D eigenvalue weighted by Gasteiger charge is 2.26. The van der Waals surface area contributed by atoms with Gasteiger partial charge in [-0.05, 0) is 36.3 Å². The standard InChI is InChI=1S/C18H26N2O/c1-13-5-4-6-14(11-13)9-10-19-18(21)17-12-15-7-2-3-8-16(15)20-17/h2-3,7-8,13-14,17,20H,4-6,9-12H2,1H3,(H,19,21)/t13?,14?,17-/m0/s1. The summed E-state index contributed by atoms with van der Waals surface area (Å²) in [5.41, 5.74) is 2.36. The predicted molar refractivity (Wildman–Crippen MR) is 86.3 cm³/mol. The lowest BCUT2D eigenvalue weighted by Gasteiger charge is -2.26. The van der Waals surface area contributed by atoms with E-state index >= 15 is 0 Å². The molecule has 1 heterocycles. The summed E-state index contributed by atoms with van der Waals surface area (Å²) in [4.78, 5) is 12.2. The third kappa shape index (κ3) is 3.58. The largest absolute Gasteiger partial charge is 0.373 e. The van der Waals surface area contributed by atoms with Gasteiger partial charge in [-0.15, -0.1) is 0 Å². The predicted octanol–water partition coefficient (Wildman–Crippen LogP) is 3.36. The molecule has 1 amide bonds. The van der Waals surface area contributed by atoms with Gasteiger partial charge < -0.3 is 10.6 Å². The van der Waals surface area contributed by atoms with Crippen molar-refractivity contribution in [1.82, 2.24) is 5.32 Å². The summed E-state index contributed by atoms with van der Waals surface area (Å²) >= 11 is 0. The minimum atomic E-state index is -0.0901. The molecule has 2 N–H and O–H groups in total. The molecule has 0 spiro atoms. The lowest BCUT2D eigenvalue weighted by atomic mass is 9.81. The van der Waals surface area contributed by atoms with Crippen LogP contribution in [0, 0.1) is 11.8 Å². The third-order valence-corrected chi connectivity index (χ3v) is 4.98. The molecule has 1 aliphatic carbocycles. The van der Waals surface area contributed by atoms with Crippen molar-refractivity contribution >= 4 is 11.6 Å². The number of carbonyl (C=O) groups is 1. The zero-order valence-electron chi connectivity index (χ0n) is 12.9. The van der Waals surface area contributed by atoms with Crippen LogP contribution in [0.3, 0.4) is 0 Å². The molecule has 3 nitrogen and oxygen atoms in total. The van der Waals surface area contributed by atoms with Crippen LogP contribution >= 0.6 is 0 Å². The van der Waals surface area contributed by atoms with Gasteiger partial charge in [-0.25, -0.2) is 0 Å². The molecular formula is C18H26N2O. The smallest absolute Gasteiger partial charge is 0.242 e. The monoisotopic (exact) mass is 286 g/mol. The highest BCUT2D eigenvalue weighted by molar-refractivity contribution is 5.87. The van der Waals surface area contributed by atoms with Gasteiger partial charge in [0.1, 0.15) is 6.04 Å². The molecule has 2 unspecified atom stereocenters. The van der Waals surface area contributed by atoms with Gasteiger partial charge in [-0.3, -0.25) is 4.79 Å². The number of carbonyl (C=O) groups excluding carboxylic acids is 1. The van der Waals surface area contributed by atoms with Gasteiger partial charge in [0, 0.05) is 18.7 Å². The molecule has 1 aliphatic heterocycles. The molecule has 3 rings (SSSR count). The molecule has 0 radical (unpaired) electrons. The van der Waals surface area contributed by atoms with Crippen LogP contribution in [0.1, 0.15) is 44.6 Å². The summed E-state index contributed by atoms with van der Waals surface area (Å²) in [6, 6.07) is 8.10. The Morgan fingerprint density at radius 1 is 1.33 bits per heavy atom. The maximum Gasteiger partial charge on any atom is 0.242 e. The summed E-state index contributed by atoms with van der Waals surface area (Å²) in [6.07, 6.45) is 7.36. The van der Waals surface area contributed by atoms with E-state index in [1.54, 1.807) is 0 Å². The molecule has 2 aliphatic rings. The molecule has 0 aromatic heterocycles. The van der Waals surface area contributed by atoms with Crippen molar-refractivity contribution in [3.63, 3.8) is 0 Å². The number of rotatable bonds is 4. The van der Waals surface area contributed by atoms with Gasteiger partial charge in [-0.2, -0.15) is 0 Å². The maximum atomic E-state index is 12.2. The molecule has 3 atom stereocenters. The number of para-hydroxylation sites is 1. The van der Waals surface area contributed by atoms with Crippen molar-refractivity contribution < 1.29 is 4.79 Å². The number of fused-ring (bicyclic) bond motifs is 1. The Bertz CT molecular complexity index is 475. The maximum absolute atomic E-state index is 12.2. The number of amides is 1. The second-order valence-corrected chi connectivity index (χ2v) is 6.78. The summed E-state index contributed by atoms with van der Waals surface area (Å²) in [5.74, 6) is 1.82. The molecule has 0 bridgehead atoms. The van der Waals surface area contributed by atoms with Gasteiger partial charge in [0.25, 0.3) is 0 Å². The first kappa shape index (κ1) is 14.4. The van der Waals surface area contributed by atoms with E-state index in [1.807, 2.05) is 18.2 Å². The van der Waals surface area contributed by atoms with Gasteiger partial charge in [-0.1, -0.05) is 44.4 Å². The van der Waals surface area contributed by atoms with Crippen LogP contribution in [-0.4, -0.2) is 18.5 Å². The van der Waals surface area contributed by atoms with Crippen LogP contribution in [0.15, 0.2) is 24.3 Å². The molecule has 1 fully saturated rings. The van der Waals surface area contributed by atoms with E-state index in [0.717, 1.165) is 36.9 Å². The SMILES string of the molecule is CC1CCCC(CCNC(=O)[C@@H]2Cc3ccccc3N2)C1.